The molecule has 1 aliphatic heterocycles. The third kappa shape index (κ3) is 7.02. The Balaban J connectivity index is 0.00000186. The number of carbonyl (C=O) groups excluding carboxylic acids is 1. The Kier molecular flexibility index (Phi) is 9.54. The molecule has 3 aromatic carbocycles. The Labute approximate surface area is 215 Å². The molecule has 37 heavy (non-hydrogen) atoms. The van der Waals surface area contributed by atoms with E-state index in [0.717, 1.165) is 17.9 Å². The number of β-amino-alcohol motifs (C(OH)–C–C–N with tert-alkyl or cyclic N) is 1. The first-order valence-electron chi connectivity index (χ1n) is 12.2. The highest BCUT2D eigenvalue weighted by Gasteiger charge is 2.44. The van der Waals surface area contributed by atoms with Crippen LogP contribution in [0.15, 0.2) is 60.7 Å². The number of nitrogens with zero attached hydrogens (tertiary/aromatic N) is 1. The summed E-state index contributed by atoms with van der Waals surface area (Å²) in [6, 6.07) is 15.6. The molecule has 0 radical (unpaired) electrons. The van der Waals surface area contributed by atoms with Crippen LogP contribution < -0.4 is 15.4 Å². The lowest BCUT2D eigenvalue weighted by Gasteiger charge is -2.46. The second kappa shape index (κ2) is 12.6. The molecular weight excluding hydrogens is 483 g/mol. The van der Waals surface area contributed by atoms with E-state index in [0.29, 0.717) is 18.7 Å². The van der Waals surface area contributed by atoms with Gasteiger partial charge in [0.1, 0.15) is 23.8 Å². The second-order valence-electron chi connectivity index (χ2n) is 8.62. The molecule has 0 aliphatic carbocycles. The minimum absolute atomic E-state index is 0.00963. The summed E-state index contributed by atoms with van der Waals surface area (Å²) in [6.07, 6.45) is 0. The number of para-hydroxylation sites is 1. The van der Waals surface area contributed by atoms with Crippen molar-refractivity contribution < 1.29 is 27.8 Å². The number of amides is 1. The molecular formula is C28H32F3N3O3. The van der Waals surface area contributed by atoms with Crippen molar-refractivity contribution in [2.45, 2.75) is 26.4 Å². The molecule has 0 unspecified atom stereocenters. The number of rotatable bonds is 9. The van der Waals surface area contributed by atoms with Crippen LogP contribution in [0.4, 0.5) is 24.5 Å². The Morgan fingerprint density at radius 2 is 1.73 bits per heavy atom. The van der Waals surface area contributed by atoms with Gasteiger partial charge in [-0.1, -0.05) is 38.1 Å². The van der Waals surface area contributed by atoms with Gasteiger partial charge in [-0.2, -0.15) is 0 Å². The molecule has 6 nitrogen and oxygen atoms in total. The number of aliphatic hydroxyl groups is 1. The van der Waals surface area contributed by atoms with Crippen LogP contribution in [-0.4, -0.2) is 54.3 Å². The summed E-state index contributed by atoms with van der Waals surface area (Å²) < 4.78 is 48.4. The molecule has 0 aromatic heterocycles. The van der Waals surface area contributed by atoms with E-state index < -0.39 is 34.6 Å². The molecule has 198 valence electrons. The van der Waals surface area contributed by atoms with Crippen molar-refractivity contribution in [2.24, 2.45) is 0 Å². The number of anilines is 2. The predicted molar refractivity (Wildman–Crippen MR) is 138 cm³/mol. The molecule has 3 aromatic rings. The Hall–Kier alpha value is -3.56. The fourth-order valence-electron chi connectivity index (χ4n) is 3.88. The minimum atomic E-state index is -1.29. The van der Waals surface area contributed by atoms with Gasteiger partial charge in [0.15, 0.2) is 11.6 Å². The molecule has 1 saturated heterocycles. The van der Waals surface area contributed by atoms with Gasteiger partial charge >= 0.3 is 0 Å². The highest BCUT2D eigenvalue weighted by atomic mass is 19.2. The molecule has 1 fully saturated rings. The van der Waals surface area contributed by atoms with Crippen molar-refractivity contribution in [3.8, 4) is 5.75 Å². The zero-order chi connectivity index (χ0) is 27.0. The minimum Gasteiger partial charge on any atom is -0.492 e. The third-order valence-electron chi connectivity index (χ3n) is 5.71. The lowest BCUT2D eigenvalue weighted by atomic mass is 9.92. The van der Waals surface area contributed by atoms with Crippen LogP contribution in [0.5, 0.6) is 5.75 Å². The van der Waals surface area contributed by atoms with E-state index >= 15 is 0 Å². The first-order chi connectivity index (χ1) is 17.8. The zero-order valence-electron chi connectivity index (χ0n) is 21.2. The number of ether oxygens (including phenoxy) is 1. The van der Waals surface area contributed by atoms with E-state index in [1.54, 1.807) is 13.0 Å². The molecule has 1 amide bonds. The number of halogens is 3. The van der Waals surface area contributed by atoms with Crippen LogP contribution >= 0.6 is 0 Å². The van der Waals surface area contributed by atoms with Gasteiger partial charge in [0.05, 0.1) is 30.0 Å². The maximum absolute atomic E-state index is 14.6. The van der Waals surface area contributed by atoms with Crippen LogP contribution in [0.25, 0.3) is 0 Å². The van der Waals surface area contributed by atoms with Crippen LogP contribution in [0.2, 0.25) is 0 Å². The topological polar surface area (TPSA) is 73.8 Å². The summed E-state index contributed by atoms with van der Waals surface area (Å²) in [5, 5.41) is 16.3. The predicted octanol–water partition coefficient (Wildman–Crippen LogP) is 5.04. The molecule has 1 heterocycles. The van der Waals surface area contributed by atoms with Gasteiger partial charge < -0.3 is 25.4 Å². The van der Waals surface area contributed by atoms with E-state index in [4.69, 9.17) is 4.74 Å². The van der Waals surface area contributed by atoms with Crippen LogP contribution in [0.3, 0.4) is 0 Å². The SMILES string of the molecule is CC.Cc1ccc(Nc2c(C(=O)N3CC(O)(CNCCOc4ccccc4)C3)ccc(F)c2F)c(F)c1. The van der Waals surface area contributed by atoms with E-state index in [1.165, 1.54) is 17.0 Å². The van der Waals surface area contributed by atoms with Gasteiger partial charge in [0, 0.05) is 13.1 Å². The standard InChI is InChI=1S/C26H26F3N3O3.C2H6/c1-17-7-10-22(21(28)13-17)31-24-19(8-9-20(27)23(24)29)25(33)32-15-26(34,16-32)14-30-11-12-35-18-5-3-2-4-6-18;1-2/h2-10,13,30-31,34H,11-12,14-16H2,1H3;1-2H3. The Bertz CT molecular complexity index is 1200. The monoisotopic (exact) mass is 515 g/mol. The fourth-order valence-corrected chi connectivity index (χ4v) is 3.88. The molecule has 3 N–H and O–H groups in total. The smallest absolute Gasteiger partial charge is 0.256 e. The van der Waals surface area contributed by atoms with E-state index in [9.17, 15) is 23.1 Å². The van der Waals surface area contributed by atoms with Crippen LogP contribution in [0, 0.1) is 24.4 Å². The number of nitrogens with one attached hydrogen (secondary N) is 2. The van der Waals surface area contributed by atoms with Crippen molar-refractivity contribution in [3.05, 3.63) is 89.2 Å². The second-order valence-corrected chi connectivity index (χ2v) is 8.62. The van der Waals surface area contributed by atoms with Crippen molar-refractivity contribution in [3.63, 3.8) is 0 Å². The third-order valence-corrected chi connectivity index (χ3v) is 5.71. The van der Waals surface area contributed by atoms with Crippen LogP contribution in [-0.2, 0) is 0 Å². The van der Waals surface area contributed by atoms with E-state index in [-0.39, 0.29) is 30.9 Å². The van der Waals surface area contributed by atoms with E-state index in [1.807, 2.05) is 44.2 Å². The van der Waals surface area contributed by atoms with Gasteiger partial charge in [-0.3, -0.25) is 4.79 Å². The molecule has 0 bridgehead atoms. The zero-order valence-corrected chi connectivity index (χ0v) is 21.2. The normalized spacial score (nSPS) is 13.8. The molecule has 0 saturated carbocycles. The largest absolute Gasteiger partial charge is 0.492 e. The highest BCUT2D eigenvalue weighted by molar-refractivity contribution is 6.01. The van der Waals surface area contributed by atoms with Gasteiger partial charge in [-0.25, -0.2) is 13.2 Å². The van der Waals surface area contributed by atoms with Crippen molar-refractivity contribution in [2.75, 3.05) is 38.1 Å². The quantitative estimate of drug-likeness (QED) is 0.349. The summed E-state index contributed by atoms with van der Waals surface area (Å²) in [6.45, 7) is 6.84. The molecule has 0 atom stereocenters. The lowest BCUT2D eigenvalue weighted by molar-refractivity contribution is -0.0786. The number of aryl methyl sites for hydroxylation is 1. The van der Waals surface area contributed by atoms with Gasteiger partial charge in [0.25, 0.3) is 5.91 Å². The average molecular weight is 516 g/mol. The number of hydrogen-bond donors (Lipinski definition) is 3. The summed E-state index contributed by atoms with van der Waals surface area (Å²) in [7, 11) is 0. The highest BCUT2D eigenvalue weighted by Crippen LogP contribution is 2.31. The van der Waals surface area contributed by atoms with Gasteiger partial charge in [-0.05, 0) is 48.9 Å². The molecule has 1 aliphatic rings. The number of hydrogen-bond acceptors (Lipinski definition) is 5. The number of carbonyl (C=O) groups is 1. The van der Waals surface area contributed by atoms with Crippen molar-refractivity contribution in [1.29, 1.82) is 0 Å². The Morgan fingerprint density at radius 3 is 2.41 bits per heavy atom. The summed E-state index contributed by atoms with van der Waals surface area (Å²) in [5.74, 6) is -2.97. The maximum Gasteiger partial charge on any atom is 0.256 e. The molecule has 0 spiro atoms. The first kappa shape index (κ1) is 28.0. The first-order valence-corrected chi connectivity index (χ1v) is 12.2. The van der Waals surface area contributed by atoms with Gasteiger partial charge in [0.2, 0.25) is 0 Å². The van der Waals surface area contributed by atoms with Crippen molar-refractivity contribution in [1.82, 2.24) is 10.2 Å². The average Bonchev–Trinajstić information content (AvgIpc) is 2.88. The van der Waals surface area contributed by atoms with Crippen molar-refractivity contribution >= 4 is 17.3 Å². The Morgan fingerprint density at radius 1 is 1.03 bits per heavy atom. The lowest BCUT2D eigenvalue weighted by Crippen LogP contribution is -2.67. The number of benzene rings is 3. The summed E-state index contributed by atoms with van der Waals surface area (Å²) >= 11 is 0. The maximum atomic E-state index is 14.6. The molecule has 4 rings (SSSR count). The molecule has 9 heteroatoms. The summed E-state index contributed by atoms with van der Waals surface area (Å²) in [5.41, 5.74) is -1.20. The van der Waals surface area contributed by atoms with Gasteiger partial charge in [-0.15, -0.1) is 0 Å². The van der Waals surface area contributed by atoms with Crippen LogP contribution in [0.1, 0.15) is 29.8 Å². The fraction of sp³-hybridized carbons (Fsp3) is 0.321. The number of likely N-dealkylation sites (tertiary alicyclic amines) is 1. The van der Waals surface area contributed by atoms with E-state index in [2.05, 4.69) is 10.6 Å². The summed E-state index contributed by atoms with van der Waals surface area (Å²) in [4.78, 5) is 14.3.